The first-order valence-corrected chi connectivity index (χ1v) is 6.49. The van der Waals surface area contributed by atoms with Crippen molar-refractivity contribution < 1.29 is 38.4 Å². The molecular weight excluding hydrogens is 304 g/mol. The van der Waals surface area contributed by atoms with Crippen molar-refractivity contribution >= 4 is 35.5 Å². The molecule has 0 aliphatic carbocycles. The topological polar surface area (TPSA) is 108 Å². The lowest BCUT2D eigenvalue weighted by Gasteiger charge is -2.16. The number of hydrogen-bond acceptors (Lipinski definition) is 8. The Morgan fingerprint density at radius 1 is 1.00 bits per heavy atom. The highest BCUT2D eigenvalue weighted by atomic mass is 32.1. The zero-order valence-electron chi connectivity index (χ0n) is 10.7. The monoisotopic (exact) mass is 316 g/mol. The number of aliphatic carboxylic acids is 1. The molecule has 0 unspecified atom stereocenters. The van der Waals surface area contributed by atoms with Crippen molar-refractivity contribution in [2.75, 3.05) is 13.2 Å². The second-order valence-corrected chi connectivity index (χ2v) is 4.57. The number of carboxylic acid groups (broad SMARTS) is 1. The van der Waals surface area contributed by atoms with Gasteiger partial charge in [-0.15, -0.1) is 0 Å². The highest BCUT2D eigenvalue weighted by molar-refractivity contribution is 7.80. The largest absolute Gasteiger partial charge is 0.478 e. The second-order valence-electron chi connectivity index (χ2n) is 4.34. The van der Waals surface area contributed by atoms with Crippen molar-refractivity contribution in [2.45, 2.75) is 24.4 Å². The first-order valence-electron chi connectivity index (χ1n) is 6.02. The maximum Gasteiger partial charge on any atom is 0.342 e. The molecule has 2 aliphatic heterocycles. The third-order valence-electron chi connectivity index (χ3n) is 2.96. The summed E-state index contributed by atoms with van der Waals surface area (Å²) in [7, 11) is 0. The summed E-state index contributed by atoms with van der Waals surface area (Å²) in [6.45, 7) is 0.191. The van der Waals surface area contributed by atoms with Crippen LogP contribution in [0.15, 0.2) is 12.2 Å². The van der Waals surface area contributed by atoms with E-state index in [9.17, 15) is 14.4 Å². The third-order valence-corrected chi connectivity index (χ3v) is 3.15. The van der Waals surface area contributed by atoms with Crippen molar-refractivity contribution in [1.29, 1.82) is 0 Å². The van der Waals surface area contributed by atoms with E-state index < -0.39 is 42.3 Å². The van der Waals surface area contributed by atoms with Crippen molar-refractivity contribution in [1.82, 2.24) is 0 Å². The quantitative estimate of drug-likeness (QED) is 0.398. The van der Waals surface area contributed by atoms with Crippen LogP contribution in [0.5, 0.6) is 0 Å². The van der Waals surface area contributed by atoms with Gasteiger partial charge in [0.2, 0.25) is 0 Å². The van der Waals surface area contributed by atoms with Crippen LogP contribution in [-0.2, 0) is 33.3 Å². The van der Waals surface area contributed by atoms with E-state index in [4.69, 9.17) is 24.1 Å². The van der Waals surface area contributed by atoms with Gasteiger partial charge in [-0.05, 0) is 0 Å². The van der Waals surface area contributed by atoms with E-state index >= 15 is 0 Å². The molecule has 2 heterocycles. The van der Waals surface area contributed by atoms with Gasteiger partial charge >= 0.3 is 17.9 Å². The maximum atomic E-state index is 11.4. The number of carboxylic acids is 1. The van der Waals surface area contributed by atoms with Crippen molar-refractivity contribution in [3.63, 3.8) is 0 Å². The highest BCUT2D eigenvalue weighted by Gasteiger charge is 2.50. The normalized spacial score (nSPS) is 30.9. The number of ether oxygens (including phenoxy) is 4. The molecule has 1 N–H and O–H groups in total. The van der Waals surface area contributed by atoms with Crippen LogP contribution in [0.1, 0.15) is 0 Å². The highest BCUT2D eigenvalue weighted by Crippen LogP contribution is 2.30. The van der Waals surface area contributed by atoms with E-state index in [2.05, 4.69) is 12.2 Å². The fourth-order valence-electron chi connectivity index (χ4n) is 2.14. The van der Waals surface area contributed by atoms with E-state index in [1.807, 2.05) is 0 Å². The van der Waals surface area contributed by atoms with E-state index in [1.165, 1.54) is 0 Å². The first kappa shape index (κ1) is 15.5. The molecule has 0 aromatic heterocycles. The van der Waals surface area contributed by atoms with Crippen LogP contribution in [0, 0.1) is 0 Å². The molecule has 9 heteroatoms. The van der Waals surface area contributed by atoms with Crippen LogP contribution >= 0.6 is 12.2 Å². The Labute approximate surface area is 124 Å². The molecule has 8 nitrogen and oxygen atoms in total. The summed E-state index contributed by atoms with van der Waals surface area (Å²) in [5, 5.41) is 9.28. The van der Waals surface area contributed by atoms with Gasteiger partial charge in [0.15, 0.2) is 12.2 Å². The summed E-state index contributed by atoms with van der Waals surface area (Å²) in [5.41, 5.74) is 0. The van der Waals surface area contributed by atoms with Gasteiger partial charge in [0.05, 0.1) is 18.6 Å². The first-order chi connectivity index (χ1) is 10.0. The molecule has 0 amide bonds. The summed E-state index contributed by atoms with van der Waals surface area (Å²) in [4.78, 5) is 32.8. The molecule has 2 saturated heterocycles. The molecular formula is C12H12O8S. The van der Waals surface area contributed by atoms with Crippen molar-refractivity contribution in [3.05, 3.63) is 12.2 Å². The van der Waals surface area contributed by atoms with E-state index in [-0.39, 0.29) is 13.2 Å². The van der Waals surface area contributed by atoms with Crippen LogP contribution in [0.25, 0.3) is 0 Å². The standard InChI is InChI=1S/C12H12O8S/c13-8(14)1-2-9(15)19-6-3-17-12-7(4-18-11(6)12)20-10(16)5-21/h1-2,5-7,11-12H,3-4H2,(H,13,14)/b2-1-/t6-,7+,11-,12-/m1/s1. The summed E-state index contributed by atoms with van der Waals surface area (Å²) in [6.07, 6.45) is -0.916. The number of esters is 2. The summed E-state index contributed by atoms with van der Waals surface area (Å²) < 4.78 is 20.9. The van der Waals surface area contributed by atoms with Crippen LogP contribution in [0.3, 0.4) is 0 Å². The molecule has 0 radical (unpaired) electrons. The lowest BCUT2D eigenvalue weighted by atomic mass is 10.1. The van der Waals surface area contributed by atoms with Gasteiger partial charge in [0.1, 0.15) is 12.2 Å². The molecule has 2 aliphatic rings. The fraction of sp³-hybridized carbons (Fsp3) is 0.500. The molecule has 0 aromatic rings. The van der Waals surface area contributed by atoms with Crippen LogP contribution in [-0.4, -0.2) is 66.0 Å². The van der Waals surface area contributed by atoms with Gasteiger partial charge in [-0.25, -0.2) is 14.4 Å². The Kier molecular flexibility index (Phi) is 4.99. The molecule has 0 spiro atoms. The number of hydrogen-bond donors (Lipinski definition) is 1. The van der Waals surface area contributed by atoms with Crippen molar-refractivity contribution in [3.8, 4) is 0 Å². The molecule has 2 rings (SSSR count). The van der Waals surface area contributed by atoms with E-state index in [0.717, 1.165) is 11.4 Å². The SMILES string of the molecule is O=C(O)/C=C\C(=O)O[C@@H]1CO[C@H]2[C@@H]1OC[C@@H]2OC(=O)C=S. The van der Waals surface area contributed by atoms with Crippen molar-refractivity contribution in [2.24, 2.45) is 0 Å². The van der Waals surface area contributed by atoms with Gasteiger partial charge < -0.3 is 24.1 Å². The minimum atomic E-state index is -1.25. The van der Waals surface area contributed by atoms with Crippen LogP contribution in [0.2, 0.25) is 0 Å². The maximum absolute atomic E-state index is 11.4. The van der Waals surface area contributed by atoms with E-state index in [0.29, 0.717) is 6.08 Å². The molecule has 21 heavy (non-hydrogen) atoms. The Morgan fingerprint density at radius 3 is 2.00 bits per heavy atom. The predicted octanol–water partition coefficient (Wildman–Crippen LogP) is -0.752. The average molecular weight is 316 g/mol. The lowest BCUT2D eigenvalue weighted by molar-refractivity contribution is -0.148. The summed E-state index contributed by atoms with van der Waals surface area (Å²) in [5.74, 6) is -2.72. The molecule has 0 bridgehead atoms. The average Bonchev–Trinajstić information content (AvgIpc) is 3.01. The number of fused-ring (bicyclic) bond motifs is 1. The smallest absolute Gasteiger partial charge is 0.342 e. The molecule has 114 valence electrons. The lowest BCUT2D eigenvalue weighted by Crippen LogP contribution is -2.35. The van der Waals surface area contributed by atoms with Crippen LogP contribution in [0.4, 0.5) is 0 Å². The molecule has 0 aromatic carbocycles. The van der Waals surface area contributed by atoms with Gasteiger partial charge in [-0.3, -0.25) is 0 Å². The number of thiocarbonyl (C=S) groups is 1. The number of carbonyl (C=O) groups excluding carboxylic acids is 2. The Balaban J connectivity index is 1.89. The Morgan fingerprint density at radius 2 is 1.52 bits per heavy atom. The van der Waals surface area contributed by atoms with Crippen LogP contribution < -0.4 is 0 Å². The summed E-state index contributed by atoms with van der Waals surface area (Å²) >= 11 is 4.45. The molecule has 0 saturated carbocycles. The van der Waals surface area contributed by atoms with Gasteiger partial charge in [-0.2, -0.15) is 0 Å². The summed E-state index contributed by atoms with van der Waals surface area (Å²) in [6, 6.07) is 0. The molecule has 4 atom stereocenters. The Hall–Kier alpha value is -1.84. The van der Waals surface area contributed by atoms with Gasteiger partial charge in [0.25, 0.3) is 0 Å². The minimum Gasteiger partial charge on any atom is -0.478 e. The Bertz CT molecular complexity index is 488. The fourth-order valence-corrected chi connectivity index (χ4v) is 2.19. The second kappa shape index (κ2) is 6.74. The third kappa shape index (κ3) is 3.84. The molecule has 2 fully saturated rings. The zero-order valence-corrected chi connectivity index (χ0v) is 11.5. The van der Waals surface area contributed by atoms with Gasteiger partial charge in [0, 0.05) is 12.2 Å². The van der Waals surface area contributed by atoms with E-state index in [1.54, 1.807) is 0 Å². The van der Waals surface area contributed by atoms with Gasteiger partial charge in [-0.1, -0.05) is 12.2 Å². The zero-order chi connectivity index (χ0) is 15.4. The minimum absolute atomic E-state index is 0.0770. The predicted molar refractivity (Wildman–Crippen MR) is 69.7 cm³/mol. The number of carbonyl (C=O) groups is 3. The number of rotatable bonds is 5.